The molecule has 1 aromatic heterocycles. The van der Waals surface area contributed by atoms with E-state index in [9.17, 15) is 4.79 Å². The van der Waals surface area contributed by atoms with Crippen molar-refractivity contribution in [3.63, 3.8) is 0 Å². The summed E-state index contributed by atoms with van der Waals surface area (Å²) in [6.45, 7) is 1.76. The highest BCUT2D eigenvalue weighted by atomic mass is 35.5. The molecule has 2 rings (SSSR count). The zero-order chi connectivity index (χ0) is 12.4. The second kappa shape index (κ2) is 4.59. The zero-order valence-electron chi connectivity index (χ0n) is 9.45. The Hall–Kier alpha value is -1.81. The van der Waals surface area contributed by atoms with Crippen molar-refractivity contribution in [1.29, 1.82) is 0 Å². The Labute approximate surface area is 104 Å². The highest BCUT2D eigenvalue weighted by molar-refractivity contribution is 6.33. The van der Waals surface area contributed by atoms with E-state index < -0.39 is 5.97 Å². The number of nitrogens with zero attached hydrogens (tertiary/aromatic N) is 1. The van der Waals surface area contributed by atoms with Crippen LogP contribution in [-0.4, -0.2) is 23.0 Å². The van der Waals surface area contributed by atoms with Gasteiger partial charge < -0.3 is 9.72 Å². The van der Waals surface area contributed by atoms with Gasteiger partial charge in [-0.25, -0.2) is 9.78 Å². The average molecular weight is 251 g/mol. The van der Waals surface area contributed by atoms with Crippen LogP contribution < -0.4 is 0 Å². The van der Waals surface area contributed by atoms with E-state index in [1.165, 1.54) is 7.11 Å². The lowest BCUT2D eigenvalue weighted by molar-refractivity contribution is 0.0594. The molecule has 0 atom stereocenters. The molecule has 0 saturated heterocycles. The number of methoxy groups -OCH3 is 1. The predicted octanol–water partition coefficient (Wildman–Crippen LogP) is 2.83. The molecule has 1 N–H and O–H groups in total. The summed E-state index contributed by atoms with van der Waals surface area (Å²) in [5, 5.41) is 0.581. The monoisotopic (exact) mass is 250 g/mol. The van der Waals surface area contributed by atoms with Crippen LogP contribution in [0.2, 0.25) is 5.02 Å². The Balaban J connectivity index is 2.49. The van der Waals surface area contributed by atoms with Gasteiger partial charge in [-0.1, -0.05) is 23.7 Å². The van der Waals surface area contributed by atoms with Crippen LogP contribution >= 0.6 is 11.6 Å². The normalized spacial score (nSPS) is 10.3. The first kappa shape index (κ1) is 11.7. The molecule has 0 aliphatic carbocycles. The smallest absolute Gasteiger partial charge is 0.358 e. The molecule has 88 valence electrons. The molecule has 0 aliphatic heterocycles. The topological polar surface area (TPSA) is 55.0 Å². The van der Waals surface area contributed by atoms with Crippen LogP contribution in [0.4, 0.5) is 0 Å². The number of ether oxygens (including phenoxy) is 1. The SMILES string of the molecule is COC(=O)c1nc(-c2ccccc2Cl)[nH]c1C. The lowest BCUT2D eigenvalue weighted by atomic mass is 10.2. The molecule has 1 aromatic carbocycles. The summed E-state index contributed by atoms with van der Waals surface area (Å²) in [6.07, 6.45) is 0. The van der Waals surface area contributed by atoms with Gasteiger partial charge in [0.05, 0.1) is 12.1 Å². The van der Waals surface area contributed by atoms with Gasteiger partial charge in [-0.3, -0.25) is 0 Å². The first-order valence-corrected chi connectivity index (χ1v) is 5.41. The number of rotatable bonds is 2. The van der Waals surface area contributed by atoms with Crippen LogP contribution in [0.1, 0.15) is 16.2 Å². The Morgan fingerprint density at radius 3 is 2.76 bits per heavy atom. The molecule has 0 bridgehead atoms. The molecule has 1 heterocycles. The van der Waals surface area contributed by atoms with Crippen LogP contribution in [0, 0.1) is 6.92 Å². The molecule has 5 heteroatoms. The minimum absolute atomic E-state index is 0.280. The minimum Gasteiger partial charge on any atom is -0.464 e. The summed E-state index contributed by atoms with van der Waals surface area (Å²) in [5.41, 5.74) is 1.70. The zero-order valence-corrected chi connectivity index (χ0v) is 10.2. The van der Waals surface area contributed by atoms with Gasteiger partial charge in [0.15, 0.2) is 5.69 Å². The highest BCUT2D eigenvalue weighted by Crippen LogP contribution is 2.26. The van der Waals surface area contributed by atoms with E-state index in [1.54, 1.807) is 13.0 Å². The van der Waals surface area contributed by atoms with Crippen LogP contribution in [-0.2, 0) is 4.74 Å². The fourth-order valence-electron chi connectivity index (χ4n) is 1.54. The lowest BCUT2D eigenvalue weighted by Gasteiger charge is -1.98. The van der Waals surface area contributed by atoms with Gasteiger partial charge in [0.2, 0.25) is 0 Å². The second-order valence-electron chi connectivity index (χ2n) is 3.53. The molecule has 17 heavy (non-hydrogen) atoms. The van der Waals surface area contributed by atoms with Gasteiger partial charge in [0.1, 0.15) is 5.82 Å². The fourth-order valence-corrected chi connectivity index (χ4v) is 1.76. The number of H-pyrrole nitrogens is 1. The maximum atomic E-state index is 11.4. The molecule has 0 unspecified atom stereocenters. The standard InChI is InChI=1S/C12H11ClN2O2/c1-7-10(12(16)17-2)15-11(14-7)8-5-3-4-6-9(8)13/h3-6H,1-2H3,(H,14,15). The Bertz CT molecular complexity index is 563. The van der Waals surface area contributed by atoms with Gasteiger partial charge in [-0.05, 0) is 19.1 Å². The number of esters is 1. The predicted molar refractivity (Wildman–Crippen MR) is 65.1 cm³/mol. The van der Waals surface area contributed by atoms with Gasteiger partial charge in [0, 0.05) is 11.3 Å². The third-order valence-corrected chi connectivity index (χ3v) is 2.72. The molecule has 4 nitrogen and oxygen atoms in total. The molecular weight excluding hydrogens is 240 g/mol. The first-order valence-electron chi connectivity index (χ1n) is 5.03. The highest BCUT2D eigenvalue weighted by Gasteiger charge is 2.16. The summed E-state index contributed by atoms with van der Waals surface area (Å²) < 4.78 is 4.64. The number of hydrogen-bond acceptors (Lipinski definition) is 3. The number of imidazole rings is 1. The molecule has 0 fully saturated rings. The summed E-state index contributed by atoms with van der Waals surface area (Å²) in [7, 11) is 1.33. The van der Waals surface area contributed by atoms with E-state index in [1.807, 2.05) is 18.2 Å². The van der Waals surface area contributed by atoms with Gasteiger partial charge in [-0.15, -0.1) is 0 Å². The Kier molecular flexibility index (Phi) is 3.15. The van der Waals surface area contributed by atoms with Crippen LogP contribution in [0.25, 0.3) is 11.4 Å². The van der Waals surface area contributed by atoms with Crippen LogP contribution in [0.15, 0.2) is 24.3 Å². The third-order valence-electron chi connectivity index (χ3n) is 2.39. The molecule has 0 radical (unpaired) electrons. The number of halogens is 1. The van der Waals surface area contributed by atoms with Crippen molar-refractivity contribution in [1.82, 2.24) is 9.97 Å². The van der Waals surface area contributed by atoms with Crippen molar-refractivity contribution in [3.05, 3.63) is 40.7 Å². The summed E-state index contributed by atoms with van der Waals surface area (Å²) >= 11 is 6.06. The number of hydrogen-bond donors (Lipinski definition) is 1. The number of aryl methyl sites for hydroxylation is 1. The Morgan fingerprint density at radius 1 is 1.41 bits per heavy atom. The van der Waals surface area contributed by atoms with Crippen molar-refractivity contribution in [2.24, 2.45) is 0 Å². The van der Waals surface area contributed by atoms with Crippen molar-refractivity contribution in [3.8, 4) is 11.4 Å². The Morgan fingerprint density at radius 2 is 2.12 bits per heavy atom. The maximum Gasteiger partial charge on any atom is 0.358 e. The number of carbonyl (C=O) groups excluding carboxylic acids is 1. The molecule has 0 amide bonds. The maximum absolute atomic E-state index is 11.4. The van der Waals surface area contributed by atoms with Crippen molar-refractivity contribution < 1.29 is 9.53 Å². The quantitative estimate of drug-likeness (QED) is 0.834. The minimum atomic E-state index is -0.461. The van der Waals surface area contributed by atoms with E-state index in [0.717, 1.165) is 5.56 Å². The largest absolute Gasteiger partial charge is 0.464 e. The van der Waals surface area contributed by atoms with Crippen molar-refractivity contribution in [2.45, 2.75) is 6.92 Å². The molecule has 2 aromatic rings. The second-order valence-corrected chi connectivity index (χ2v) is 3.94. The van der Waals surface area contributed by atoms with Gasteiger partial charge in [0.25, 0.3) is 0 Å². The number of benzene rings is 1. The lowest BCUT2D eigenvalue weighted by Crippen LogP contribution is -2.03. The van der Waals surface area contributed by atoms with E-state index in [-0.39, 0.29) is 5.69 Å². The van der Waals surface area contributed by atoms with Crippen molar-refractivity contribution in [2.75, 3.05) is 7.11 Å². The number of aromatic amines is 1. The van der Waals surface area contributed by atoms with E-state index >= 15 is 0 Å². The number of aromatic nitrogens is 2. The van der Waals surface area contributed by atoms with E-state index in [2.05, 4.69) is 14.7 Å². The third kappa shape index (κ3) is 2.17. The van der Waals surface area contributed by atoms with E-state index in [4.69, 9.17) is 11.6 Å². The summed E-state index contributed by atoms with van der Waals surface area (Å²) in [6, 6.07) is 7.30. The summed E-state index contributed by atoms with van der Waals surface area (Å²) in [4.78, 5) is 18.6. The molecule has 0 spiro atoms. The number of nitrogens with one attached hydrogen (secondary N) is 1. The average Bonchev–Trinajstić information content (AvgIpc) is 2.71. The van der Waals surface area contributed by atoms with E-state index in [0.29, 0.717) is 16.5 Å². The van der Waals surface area contributed by atoms with Crippen LogP contribution in [0.3, 0.4) is 0 Å². The van der Waals surface area contributed by atoms with Crippen LogP contribution in [0.5, 0.6) is 0 Å². The molecule has 0 saturated carbocycles. The van der Waals surface area contributed by atoms with Crippen molar-refractivity contribution >= 4 is 17.6 Å². The van der Waals surface area contributed by atoms with Gasteiger partial charge in [-0.2, -0.15) is 0 Å². The molecule has 0 aliphatic rings. The summed E-state index contributed by atoms with van der Waals surface area (Å²) in [5.74, 6) is 0.102. The fraction of sp³-hybridized carbons (Fsp3) is 0.167. The molecular formula is C12H11ClN2O2. The van der Waals surface area contributed by atoms with Gasteiger partial charge >= 0.3 is 5.97 Å². The number of carbonyl (C=O) groups is 1. The first-order chi connectivity index (χ1) is 8.13.